The van der Waals surface area contributed by atoms with Crippen molar-refractivity contribution in [2.75, 3.05) is 10.6 Å². The van der Waals surface area contributed by atoms with Crippen LogP contribution in [0.2, 0.25) is 0 Å². The number of hydrogen-bond acceptors (Lipinski definition) is 5. The quantitative estimate of drug-likeness (QED) is 0.244. The fourth-order valence-electron chi connectivity index (χ4n) is 2.09. The highest BCUT2D eigenvalue weighted by Crippen LogP contribution is 2.20. The maximum absolute atomic E-state index is 12.0. The second-order valence-corrected chi connectivity index (χ2v) is 6.53. The van der Waals surface area contributed by atoms with E-state index in [0.717, 1.165) is 10.6 Å². The molecule has 0 unspecified atom stereocenters. The number of anilines is 2. The monoisotopic (exact) mass is 426 g/mol. The summed E-state index contributed by atoms with van der Waals surface area (Å²) >= 11 is 1.53. The first kappa shape index (κ1) is 22.1. The van der Waals surface area contributed by atoms with Crippen molar-refractivity contribution in [3.63, 3.8) is 0 Å². The van der Waals surface area contributed by atoms with E-state index in [4.69, 9.17) is 25.5 Å². The smallest absolute Gasteiger partial charge is 0.414 e. The largest absolute Gasteiger partial charge is 0.473 e. The van der Waals surface area contributed by atoms with Crippen molar-refractivity contribution in [1.29, 1.82) is 0 Å². The number of amidine groups is 1. The van der Waals surface area contributed by atoms with Gasteiger partial charge in [-0.25, -0.2) is 19.4 Å². The van der Waals surface area contributed by atoms with Gasteiger partial charge in [-0.2, -0.15) is 0 Å². The second-order valence-electron chi connectivity index (χ2n) is 5.58. The van der Waals surface area contributed by atoms with Gasteiger partial charge in [-0.3, -0.25) is 0 Å². The van der Waals surface area contributed by atoms with Gasteiger partial charge < -0.3 is 26.6 Å². The predicted octanol–water partition coefficient (Wildman–Crippen LogP) is 3.58. The molecular weight excluding hydrogens is 408 g/mol. The highest BCUT2D eigenvalue weighted by atomic mass is 32.1. The van der Waals surface area contributed by atoms with E-state index in [9.17, 15) is 4.79 Å². The van der Waals surface area contributed by atoms with Gasteiger partial charge in [-0.1, -0.05) is 30.3 Å². The lowest BCUT2D eigenvalue weighted by atomic mass is 10.3. The number of carboxylic acids is 2. The van der Waals surface area contributed by atoms with E-state index in [0.29, 0.717) is 17.2 Å². The molecule has 9 nitrogen and oxygen atoms in total. The van der Waals surface area contributed by atoms with Crippen molar-refractivity contribution in [3.8, 4) is 0 Å². The van der Waals surface area contributed by atoms with Crippen LogP contribution in [0.3, 0.4) is 0 Å². The Kier molecular flexibility index (Phi) is 8.09. The predicted molar refractivity (Wildman–Crippen MR) is 116 cm³/mol. The summed E-state index contributed by atoms with van der Waals surface area (Å²) < 4.78 is 0. The zero-order valence-electron chi connectivity index (χ0n) is 15.5. The number of nitrogens with two attached hydrogens (primary N) is 1. The number of carboxylic acid groups (broad SMARTS) is 2. The number of aliphatic carboxylic acids is 2. The van der Waals surface area contributed by atoms with E-state index >= 15 is 0 Å². The second kappa shape index (κ2) is 11.0. The van der Waals surface area contributed by atoms with Gasteiger partial charge in [0.1, 0.15) is 5.84 Å². The molecule has 10 heteroatoms. The highest BCUT2D eigenvalue weighted by Gasteiger charge is 2.05. The molecule has 0 aliphatic carbocycles. The zero-order valence-corrected chi connectivity index (χ0v) is 16.3. The Balaban J connectivity index is 0.000000469. The molecule has 1 aromatic heterocycles. The lowest BCUT2D eigenvalue weighted by Gasteiger charge is -2.08. The molecule has 0 saturated heterocycles. The molecule has 0 atom stereocenters. The van der Waals surface area contributed by atoms with Crippen molar-refractivity contribution in [3.05, 3.63) is 77.0 Å². The number of nitrogens with one attached hydrogen (secondary N) is 2. The Bertz CT molecular complexity index is 1020. The number of carbonyl (C=O) groups is 3. The summed E-state index contributed by atoms with van der Waals surface area (Å²) in [6.45, 7) is 0. The minimum absolute atomic E-state index is 0.312. The zero-order chi connectivity index (χ0) is 21.9. The fraction of sp³-hybridized carbons (Fsp3) is 0. The van der Waals surface area contributed by atoms with E-state index in [-0.39, 0.29) is 6.03 Å². The molecule has 30 heavy (non-hydrogen) atoms. The number of rotatable bonds is 4. The molecule has 1 heterocycles. The highest BCUT2D eigenvalue weighted by molar-refractivity contribution is 7.12. The van der Waals surface area contributed by atoms with Gasteiger partial charge in [0, 0.05) is 11.4 Å². The summed E-state index contributed by atoms with van der Waals surface area (Å²) in [5, 5.41) is 22.3. The van der Waals surface area contributed by atoms with Crippen LogP contribution in [-0.4, -0.2) is 34.0 Å². The van der Waals surface area contributed by atoms with Gasteiger partial charge in [0.2, 0.25) is 0 Å². The lowest BCUT2D eigenvalue weighted by molar-refractivity contribution is -0.159. The number of nitrogens with zero attached hydrogens (tertiary/aromatic N) is 1. The first-order valence-electron chi connectivity index (χ1n) is 8.42. The van der Waals surface area contributed by atoms with Gasteiger partial charge in [0.25, 0.3) is 0 Å². The minimum atomic E-state index is -1.82. The summed E-state index contributed by atoms with van der Waals surface area (Å²) in [6.07, 6.45) is 0. The molecule has 2 amide bonds. The third kappa shape index (κ3) is 7.44. The van der Waals surface area contributed by atoms with E-state index in [1.54, 1.807) is 12.1 Å². The first-order chi connectivity index (χ1) is 14.3. The molecule has 0 bridgehead atoms. The summed E-state index contributed by atoms with van der Waals surface area (Å²) in [5.41, 5.74) is 8.03. The van der Waals surface area contributed by atoms with Crippen LogP contribution in [0.4, 0.5) is 21.9 Å². The number of amides is 2. The maximum Gasteiger partial charge on any atom is 0.414 e. The SMILES string of the molecule is NC(=Nc1cccc(NC(=O)Nc2ccccc2)c1)c1cccs1.O=C(O)C(=O)O. The van der Waals surface area contributed by atoms with Crippen molar-refractivity contribution >= 4 is 52.2 Å². The third-order valence-corrected chi connectivity index (χ3v) is 4.23. The Hall–Kier alpha value is -4.18. The van der Waals surface area contributed by atoms with Crippen molar-refractivity contribution in [1.82, 2.24) is 0 Å². The van der Waals surface area contributed by atoms with Gasteiger partial charge in [0.15, 0.2) is 0 Å². The van der Waals surface area contributed by atoms with Gasteiger partial charge in [-0.05, 0) is 41.8 Å². The standard InChI is InChI=1S/C18H16N4OS.C2H2O4/c19-17(16-10-5-11-24-16)20-14-8-4-9-15(12-14)22-18(23)21-13-6-2-1-3-7-13;3-1(4)2(5)6/h1-12H,(H2,19,20)(H2,21,22,23);(H,3,4)(H,5,6). The van der Waals surface area contributed by atoms with Crippen LogP contribution >= 0.6 is 11.3 Å². The molecule has 154 valence electrons. The van der Waals surface area contributed by atoms with Crippen LogP contribution in [0.1, 0.15) is 4.88 Å². The molecule has 6 N–H and O–H groups in total. The molecule has 3 aromatic rings. The van der Waals surface area contributed by atoms with Gasteiger partial charge in [-0.15, -0.1) is 11.3 Å². The average molecular weight is 426 g/mol. The molecule has 0 spiro atoms. The Morgan fingerprint density at radius 1 is 0.833 bits per heavy atom. The molecule has 3 rings (SSSR count). The molecule has 2 aromatic carbocycles. The number of para-hydroxylation sites is 1. The number of aliphatic imine (C=N–C) groups is 1. The number of urea groups is 1. The van der Waals surface area contributed by atoms with Crippen molar-refractivity contribution in [2.45, 2.75) is 0 Å². The Labute approximate surface area is 175 Å². The van der Waals surface area contributed by atoms with Crippen LogP contribution in [0.15, 0.2) is 77.1 Å². The third-order valence-electron chi connectivity index (χ3n) is 3.34. The lowest BCUT2D eigenvalue weighted by Crippen LogP contribution is -2.19. The van der Waals surface area contributed by atoms with Crippen LogP contribution in [0, 0.1) is 0 Å². The van der Waals surface area contributed by atoms with Gasteiger partial charge >= 0.3 is 18.0 Å². The van der Waals surface area contributed by atoms with Crippen LogP contribution in [-0.2, 0) is 9.59 Å². The van der Waals surface area contributed by atoms with E-state index in [1.165, 1.54) is 11.3 Å². The average Bonchev–Trinajstić information content (AvgIpc) is 3.24. The number of hydrogen-bond donors (Lipinski definition) is 5. The van der Waals surface area contributed by atoms with Crippen molar-refractivity contribution < 1.29 is 24.6 Å². The molecule has 0 fully saturated rings. The molecule has 0 aliphatic rings. The summed E-state index contributed by atoms with van der Waals surface area (Å²) in [6, 6.07) is 20.0. The topological polar surface area (TPSA) is 154 Å². The van der Waals surface area contributed by atoms with E-state index in [2.05, 4.69) is 15.6 Å². The first-order valence-corrected chi connectivity index (χ1v) is 9.30. The summed E-state index contributed by atoms with van der Waals surface area (Å²) in [5.74, 6) is -3.19. The molecule has 0 saturated carbocycles. The maximum atomic E-state index is 12.0. The van der Waals surface area contributed by atoms with E-state index < -0.39 is 11.9 Å². The van der Waals surface area contributed by atoms with Crippen LogP contribution in [0.25, 0.3) is 0 Å². The normalized spacial score (nSPS) is 10.3. The molecule has 0 radical (unpaired) electrons. The summed E-state index contributed by atoms with van der Waals surface area (Å²) in [7, 11) is 0. The van der Waals surface area contributed by atoms with Crippen molar-refractivity contribution in [2.24, 2.45) is 10.7 Å². The molecular formula is C20H18N4O5S. The number of carbonyl (C=O) groups excluding carboxylic acids is 1. The van der Waals surface area contributed by atoms with Gasteiger partial charge in [0.05, 0.1) is 10.6 Å². The fourth-order valence-corrected chi connectivity index (χ4v) is 2.71. The number of benzene rings is 2. The van der Waals surface area contributed by atoms with E-state index in [1.807, 2.05) is 60.0 Å². The minimum Gasteiger partial charge on any atom is -0.473 e. The Morgan fingerprint density at radius 3 is 2.07 bits per heavy atom. The Morgan fingerprint density at radius 2 is 1.47 bits per heavy atom. The summed E-state index contributed by atoms with van der Waals surface area (Å²) in [4.78, 5) is 35.5. The van der Waals surface area contributed by atoms with Crippen LogP contribution in [0.5, 0.6) is 0 Å². The van der Waals surface area contributed by atoms with Crippen LogP contribution < -0.4 is 16.4 Å². The number of thiophene rings is 1. The molecule has 0 aliphatic heterocycles.